The van der Waals surface area contributed by atoms with Gasteiger partial charge in [-0.3, -0.25) is 9.59 Å². The molecule has 37 heavy (non-hydrogen) atoms. The third-order valence-electron chi connectivity index (χ3n) is 6.02. The van der Waals surface area contributed by atoms with Crippen molar-refractivity contribution in [2.24, 2.45) is 0 Å². The maximum Gasteiger partial charge on any atom is 0.328 e. The highest BCUT2D eigenvalue weighted by molar-refractivity contribution is 7.89. The van der Waals surface area contributed by atoms with E-state index in [1.54, 1.807) is 42.5 Å². The van der Waals surface area contributed by atoms with Gasteiger partial charge in [-0.05, 0) is 29.8 Å². The first-order chi connectivity index (χ1) is 17.7. The summed E-state index contributed by atoms with van der Waals surface area (Å²) in [5.74, 6) is -1.19. The second kappa shape index (κ2) is 12.7. The predicted molar refractivity (Wildman–Crippen MR) is 133 cm³/mol. The van der Waals surface area contributed by atoms with Crippen LogP contribution < -0.4 is 10.1 Å². The Morgan fingerprint density at radius 1 is 1.00 bits per heavy atom. The summed E-state index contributed by atoms with van der Waals surface area (Å²) >= 11 is 0. The van der Waals surface area contributed by atoms with E-state index in [1.165, 1.54) is 42.7 Å². The third kappa shape index (κ3) is 6.85. The highest BCUT2D eigenvalue weighted by Gasteiger charge is 2.40. The molecule has 11 nitrogen and oxygen atoms in total. The van der Waals surface area contributed by atoms with Crippen LogP contribution in [0.4, 0.5) is 0 Å². The number of amides is 2. The van der Waals surface area contributed by atoms with E-state index in [1.807, 2.05) is 0 Å². The molecule has 1 fully saturated rings. The van der Waals surface area contributed by atoms with E-state index < -0.39 is 39.9 Å². The zero-order valence-corrected chi connectivity index (χ0v) is 21.8. The topological polar surface area (TPSA) is 132 Å². The molecule has 200 valence electrons. The Morgan fingerprint density at radius 3 is 2.27 bits per heavy atom. The third-order valence-corrected chi connectivity index (χ3v) is 7.90. The summed E-state index contributed by atoms with van der Waals surface area (Å²) in [6, 6.07) is 12.6. The van der Waals surface area contributed by atoms with Crippen molar-refractivity contribution in [3.8, 4) is 5.75 Å². The minimum Gasteiger partial charge on any atom is -0.497 e. The molecule has 0 bridgehead atoms. The summed E-state index contributed by atoms with van der Waals surface area (Å²) in [6.07, 6.45) is 0.118. The van der Waals surface area contributed by atoms with Gasteiger partial charge in [0.05, 0.1) is 19.1 Å². The van der Waals surface area contributed by atoms with Gasteiger partial charge >= 0.3 is 5.97 Å². The lowest BCUT2D eigenvalue weighted by Crippen LogP contribution is -2.63. The number of ether oxygens (including phenoxy) is 3. The summed E-state index contributed by atoms with van der Waals surface area (Å²) in [7, 11) is 0.182. The second-order valence-electron chi connectivity index (χ2n) is 8.35. The smallest absolute Gasteiger partial charge is 0.328 e. The van der Waals surface area contributed by atoms with Gasteiger partial charge in [-0.1, -0.05) is 30.3 Å². The molecule has 0 aliphatic carbocycles. The van der Waals surface area contributed by atoms with Crippen molar-refractivity contribution >= 4 is 27.8 Å². The van der Waals surface area contributed by atoms with E-state index in [0.717, 1.165) is 5.56 Å². The van der Waals surface area contributed by atoms with Gasteiger partial charge in [0.2, 0.25) is 21.8 Å². The summed E-state index contributed by atoms with van der Waals surface area (Å²) in [5.41, 5.74) is 0.737. The quantitative estimate of drug-likeness (QED) is 0.436. The van der Waals surface area contributed by atoms with Crippen LogP contribution >= 0.6 is 0 Å². The number of carbonyl (C=O) groups excluding carboxylic acids is 3. The van der Waals surface area contributed by atoms with Crippen molar-refractivity contribution < 1.29 is 37.0 Å². The number of benzene rings is 2. The SMILES string of the molecule is COCC(=O)N1CCN(S(=O)(=O)c2ccccc2)CC1C(=O)NC(Cc1ccc(OC)cc1)C(=O)OC. The molecule has 1 heterocycles. The Kier molecular flexibility index (Phi) is 9.61. The van der Waals surface area contributed by atoms with E-state index in [4.69, 9.17) is 14.2 Å². The molecule has 2 aromatic carbocycles. The number of nitrogens with zero attached hydrogens (tertiary/aromatic N) is 2. The molecular weight excluding hydrogens is 502 g/mol. The summed E-state index contributed by atoms with van der Waals surface area (Å²) < 4.78 is 42.6. The second-order valence-corrected chi connectivity index (χ2v) is 10.3. The number of rotatable bonds is 10. The van der Waals surface area contributed by atoms with Crippen LogP contribution in [0, 0.1) is 0 Å². The van der Waals surface area contributed by atoms with Gasteiger partial charge < -0.3 is 24.4 Å². The van der Waals surface area contributed by atoms with Crippen molar-refractivity contribution in [3.05, 3.63) is 60.2 Å². The number of nitrogens with one attached hydrogen (secondary N) is 1. The van der Waals surface area contributed by atoms with E-state index in [-0.39, 0.29) is 37.6 Å². The minimum atomic E-state index is -3.91. The van der Waals surface area contributed by atoms with Crippen molar-refractivity contribution in [1.82, 2.24) is 14.5 Å². The maximum absolute atomic E-state index is 13.5. The van der Waals surface area contributed by atoms with E-state index in [9.17, 15) is 22.8 Å². The average Bonchev–Trinajstić information content (AvgIpc) is 2.92. The molecule has 0 spiro atoms. The fourth-order valence-electron chi connectivity index (χ4n) is 4.05. The molecule has 1 saturated heterocycles. The maximum atomic E-state index is 13.5. The van der Waals surface area contributed by atoms with Crippen LogP contribution in [0.3, 0.4) is 0 Å². The summed E-state index contributed by atoms with van der Waals surface area (Å²) in [6.45, 7) is -0.576. The van der Waals surface area contributed by atoms with Gasteiger partial charge in [0.25, 0.3) is 0 Å². The normalized spacial score (nSPS) is 17.1. The van der Waals surface area contributed by atoms with Crippen molar-refractivity contribution in [2.45, 2.75) is 23.4 Å². The number of esters is 1. The lowest BCUT2D eigenvalue weighted by atomic mass is 10.0. The summed E-state index contributed by atoms with van der Waals surface area (Å²) in [5, 5.41) is 2.65. The fraction of sp³-hybridized carbons (Fsp3) is 0.400. The van der Waals surface area contributed by atoms with Gasteiger partial charge in [-0.15, -0.1) is 0 Å². The van der Waals surface area contributed by atoms with E-state index in [0.29, 0.717) is 5.75 Å². The Morgan fingerprint density at radius 2 is 1.68 bits per heavy atom. The van der Waals surface area contributed by atoms with Gasteiger partial charge in [0, 0.05) is 33.2 Å². The lowest BCUT2D eigenvalue weighted by molar-refractivity contribution is -0.149. The number of sulfonamides is 1. The molecule has 0 saturated carbocycles. The fourth-order valence-corrected chi connectivity index (χ4v) is 5.51. The molecule has 2 amide bonds. The summed E-state index contributed by atoms with van der Waals surface area (Å²) in [4.78, 5) is 40.0. The van der Waals surface area contributed by atoms with Crippen LogP contribution in [0.2, 0.25) is 0 Å². The van der Waals surface area contributed by atoms with Crippen LogP contribution in [0.5, 0.6) is 5.75 Å². The number of hydrogen-bond donors (Lipinski definition) is 1. The molecule has 1 N–H and O–H groups in total. The van der Waals surface area contributed by atoms with Gasteiger partial charge in [-0.2, -0.15) is 4.31 Å². The largest absolute Gasteiger partial charge is 0.497 e. The molecule has 1 aliphatic rings. The lowest BCUT2D eigenvalue weighted by Gasteiger charge is -2.40. The zero-order chi connectivity index (χ0) is 27.0. The molecular formula is C25H31N3O8S. The molecule has 2 unspecified atom stereocenters. The molecule has 2 atom stereocenters. The number of piperazine rings is 1. The van der Waals surface area contributed by atoms with Gasteiger partial charge in [-0.25, -0.2) is 13.2 Å². The van der Waals surface area contributed by atoms with Crippen LogP contribution in [0.25, 0.3) is 0 Å². The van der Waals surface area contributed by atoms with Crippen molar-refractivity contribution in [1.29, 1.82) is 0 Å². The molecule has 0 aromatic heterocycles. The first-order valence-corrected chi connectivity index (χ1v) is 13.0. The first-order valence-electron chi connectivity index (χ1n) is 11.6. The van der Waals surface area contributed by atoms with Gasteiger partial charge in [0.1, 0.15) is 24.4 Å². The number of methoxy groups -OCH3 is 3. The minimum absolute atomic E-state index is 0.00272. The Labute approximate surface area is 216 Å². The molecule has 3 rings (SSSR count). The molecule has 1 aliphatic heterocycles. The van der Waals surface area contributed by atoms with E-state index >= 15 is 0 Å². The molecule has 12 heteroatoms. The number of carbonyl (C=O) groups is 3. The standard InChI is InChI=1S/C25H31N3O8S/c1-34-17-23(29)28-14-13-27(37(32,33)20-7-5-4-6-8-20)16-22(28)24(30)26-21(25(31)36-3)15-18-9-11-19(35-2)12-10-18/h4-12,21-22H,13-17H2,1-3H3,(H,26,30). The molecule has 0 radical (unpaired) electrons. The van der Waals surface area contributed by atoms with E-state index in [2.05, 4.69) is 5.32 Å². The van der Waals surface area contributed by atoms with Crippen LogP contribution in [0.1, 0.15) is 5.56 Å². The van der Waals surface area contributed by atoms with Crippen LogP contribution in [0.15, 0.2) is 59.5 Å². The monoisotopic (exact) mass is 533 g/mol. The Bertz CT molecular complexity index is 1190. The van der Waals surface area contributed by atoms with Crippen molar-refractivity contribution in [2.75, 3.05) is 47.6 Å². The average molecular weight is 534 g/mol. The molecule has 2 aromatic rings. The first kappa shape index (κ1) is 28.1. The number of hydrogen-bond acceptors (Lipinski definition) is 8. The van der Waals surface area contributed by atoms with Gasteiger partial charge in [0.15, 0.2) is 0 Å². The Hall–Kier alpha value is -3.48. The highest BCUT2D eigenvalue weighted by atomic mass is 32.2. The zero-order valence-electron chi connectivity index (χ0n) is 21.0. The Balaban J connectivity index is 1.85. The predicted octanol–water partition coefficient (Wildman–Crippen LogP) is 0.444. The van der Waals surface area contributed by atoms with Crippen molar-refractivity contribution in [3.63, 3.8) is 0 Å². The van der Waals surface area contributed by atoms with Crippen LogP contribution in [-0.2, 0) is 40.3 Å². The highest BCUT2D eigenvalue weighted by Crippen LogP contribution is 2.21. The van der Waals surface area contributed by atoms with Crippen LogP contribution in [-0.4, -0.2) is 95.1 Å².